The van der Waals surface area contributed by atoms with Gasteiger partial charge in [0.15, 0.2) is 11.6 Å². The molecular formula is C47H46N6O4Si. The van der Waals surface area contributed by atoms with Crippen molar-refractivity contribution >= 4 is 64.0 Å². The zero-order valence-electron chi connectivity index (χ0n) is 33.1. The monoisotopic (exact) mass is 786 g/mol. The number of urea groups is 1. The predicted octanol–water partition coefficient (Wildman–Crippen LogP) is 6.84. The summed E-state index contributed by atoms with van der Waals surface area (Å²) in [6, 6.07) is 33.0. The fourth-order valence-electron chi connectivity index (χ4n) is 9.54. The summed E-state index contributed by atoms with van der Waals surface area (Å²) in [6.07, 6.45) is 6.90. The Hall–Kier alpha value is -6.09. The Morgan fingerprint density at radius 3 is 2.21 bits per heavy atom. The average molecular weight is 787 g/mol. The topological polar surface area (TPSA) is 113 Å². The average Bonchev–Trinajstić information content (AvgIpc) is 3.87. The van der Waals surface area contributed by atoms with E-state index in [1.807, 2.05) is 50.9 Å². The van der Waals surface area contributed by atoms with E-state index in [0.29, 0.717) is 78.9 Å². The second kappa shape index (κ2) is 14.7. The van der Waals surface area contributed by atoms with Crippen LogP contribution in [-0.2, 0) is 27.1 Å². The highest BCUT2D eigenvalue weighted by molar-refractivity contribution is 6.99. The van der Waals surface area contributed by atoms with Gasteiger partial charge >= 0.3 is 6.03 Å². The molecule has 0 radical (unpaired) electrons. The molecule has 1 fully saturated rings. The number of amides is 2. The molecule has 1 saturated heterocycles. The van der Waals surface area contributed by atoms with Crippen LogP contribution in [0, 0.1) is 17.2 Å². The van der Waals surface area contributed by atoms with Crippen LogP contribution in [0.25, 0.3) is 27.7 Å². The van der Waals surface area contributed by atoms with Crippen LogP contribution < -0.4 is 10.4 Å². The van der Waals surface area contributed by atoms with E-state index < -0.39 is 8.32 Å². The molecule has 0 atom stereocenters. The van der Waals surface area contributed by atoms with E-state index in [0.717, 1.165) is 29.3 Å². The molecule has 0 bridgehead atoms. The number of rotatable bonds is 7. The molecule has 6 aromatic rings. The molecule has 10 nitrogen and oxygen atoms in total. The molecule has 58 heavy (non-hydrogen) atoms. The molecule has 1 aliphatic carbocycles. The lowest BCUT2D eigenvalue weighted by atomic mass is 9.96. The molecule has 2 aliphatic heterocycles. The molecule has 2 amide bonds. The second-order valence-corrected chi connectivity index (χ2v) is 21.1. The first-order chi connectivity index (χ1) is 28.1. The Kier molecular flexibility index (Phi) is 9.49. The number of pyridine rings is 1. The molecule has 3 aromatic carbocycles. The highest BCUT2D eigenvalue weighted by Crippen LogP contribution is 2.42. The van der Waals surface area contributed by atoms with Gasteiger partial charge in [0.25, 0.3) is 8.32 Å². The van der Waals surface area contributed by atoms with Crippen molar-refractivity contribution in [2.75, 3.05) is 26.2 Å². The minimum atomic E-state index is -2.66. The van der Waals surface area contributed by atoms with Crippen molar-refractivity contribution in [3.63, 3.8) is 0 Å². The van der Waals surface area contributed by atoms with Crippen LogP contribution >= 0.6 is 0 Å². The van der Waals surface area contributed by atoms with E-state index in [9.17, 15) is 19.6 Å². The summed E-state index contributed by atoms with van der Waals surface area (Å²) in [6.45, 7) is 10.1. The van der Waals surface area contributed by atoms with E-state index >= 15 is 0 Å². The Morgan fingerprint density at radius 2 is 1.53 bits per heavy atom. The summed E-state index contributed by atoms with van der Waals surface area (Å²) >= 11 is 0. The summed E-state index contributed by atoms with van der Waals surface area (Å²) in [5.74, 6) is -0.167. The minimum Gasteiger partial charge on any atom is -0.407 e. The van der Waals surface area contributed by atoms with Crippen LogP contribution in [0.1, 0.15) is 62.4 Å². The fourth-order valence-corrected chi connectivity index (χ4v) is 14.2. The normalized spacial score (nSPS) is 16.7. The van der Waals surface area contributed by atoms with Gasteiger partial charge < -0.3 is 18.8 Å². The molecule has 0 spiro atoms. The number of aromatic nitrogens is 3. The molecule has 5 heterocycles. The van der Waals surface area contributed by atoms with Gasteiger partial charge in [-0.25, -0.2) is 9.78 Å². The molecule has 0 N–H and O–H groups in total. The van der Waals surface area contributed by atoms with Crippen LogP contribution in [0.3, 0.4) is 0 Å². The molecule has 0 saturated carbocycles. The first-order valence-corrected chi connectivity index (χ1v) is 22.1. The Bertz CT molecular complexity index is 2620. The highest BCUT2D eigenvalue weighted by Gasteiger charge is 2.50. The van der Waals surface area contributed by atoms with E-state index in [4.69, 9.17) is 4.43 Å². The van der Waals surface area contributed by atoms with Crippen LogP contribution in [0.5, 0.6) is 0 Å². The lowest BCUT2D eigenvalue weighted by molar-refractivity contribution is -0.119. The number of imidazole rings is 1. The number of fused-ring (bicyclic) bond motifs is 1. The van der Waals surface area contributed by atoms with Crippen LogP contribution in [0.2, 0.25) is 5.04 Å². The van der Waals surface area contributed by atoms with Crippen molar-refractivity contribution in [2.24, 2.45) is 5.92 Å². The minimum absolute atomic E-state index is 0.0120. The number of hydrogen-bond acceptors (Lipinski definition) is 6. The number of ketones is 2. The maximum absolute atomic E-state index is 14.3. The fraction of sp³-hybridized carbons (Fsp3) is 0.298. The third kappa shape index (κ3) is 6.28. The van der Waals surface area contributed by atoms with Crippen molar-refractivity contribution in [1.29, 1.82) is 5.26 Å². The van der Waals surface area contributed by atoms with Gasteiger partial charge in [0.05, 0.1) is 41.0 Å². The van der Waals surface area contributed by atoms with Crippen LogP contribution in [-0.4, -0.2) is 75.9 Å². The first-order valence-electron chi connectivity index (χ1n) is 20.2. The Labute approximate surface area is 339 Å². The zero-order valence-corrected chi connectivity index (χ0v) is 34.1. The largest absolute Gasteiger partial charge is 0.407 e. The molecule has 9 rings (SSSR count). The van der Waals surface area contributed by atoms with Crippen molar-refractivity contribution in [1.82, 2.24) is 23.8 Å². The molecule has 0 unspecified atom stereocenters. The quantitative estimate of drug-likeness (QED) is 0.130. The number of Topliss-reactive ketones (excluding diaryl/α,β-unsaturated/α-hetero) is 2. The number of carbonyl (C=O) groups is 3. The van der Waals surface area contributed by atoms with E-state index in [-0.39, 0.29) is 29.1 Å². The number of hydrogen-bond donors (Lipinski definition) is 0. The predicted molar refractivity (Wildman–Crippen MR) is 227 cm³/mol. The summed E-state index contributed by atoms with van der Waals surface area (Å²) in [5, 5.41) is 13.3. The van der Waals surface area contributed by atoms with Gasteiger partial charge in [0.1, 0.15) is 5.65 Å². The second-order valence-electron chi connectivity index (χ2n) is 16.8. The highest BCUT2D eigenvalue weighted by atomic mass is 28.4. The number of nitriles is 1. The van der Waals surface area contributed by atoms with Gasteiger partial charge in [-0.15, -0.1) is 0 Å². The molecule has 3 aliphatic rings. The number of benzene rings is 3. The molecule has 3 aromatic heterocycles. The summed E-state index contributed by atoms with van der Waals surface area (Å²) in [7, 11) is -2.66. The maximum Gasteiger partial charge on any atom is 0.320 e. The van der Waals surface area contributed by atoms with Gasteiger partial charge in [0, 0.05) is 68.2 Å². The van der Waals surface area contributed by atoms with Crippen LogP contribution in [0.15, 0.2) is 110 Å². The third-order valence-corrected chi connectivity index (χ3v) is 17.3. The number of piperidine rings is 1. The first kappa shape index (κ1) is 37.5. The maximum atomic E-state index is 14.3. The van der Waals surface area contributed by atoms with Crippen LogP contribution in [0.4, 0.5) is 4.79 Å². The van der Waals surface area contributed by atoms with E-state index in [1.54, 1.807) is 12.3 Å². The van der Waals surface area contributed by atoms with E-state index in [2.05, 4.69) is 97.1 Å². The van der Waals surface area contributed by atoms with Gasteiger partial charge in [-0.1, -0.05) is 87.5 Å². The Morgan fingerprint density at radius 1 is 0.862 bits per heavy atom. The number of likely N-dealkylation sites (tertiary alicyclic amines) is 1. The lowest BCUT2D eigenvalue weighted by Crippen LogP contribution is -2.67. The van der Waals surface area contributed by atoms with Crippen molar-refractivity contribution < 1.29 is 18.8 Å². The van der Waals surface area contributed by atoms with Gasteiger partial charge in [-0.05, 0) is 64.0 Å². The molecule has 11 heteroatoms. The van der Waals surface area contributed by atoms with Crippen molar-refractivity contribution in [3.05, 3.63) is 132 Å². The SMILES string of the molecule is CC(C)(C)[Si](OCC1CCN(C(=O)N2CCn3cc(C4=C(c5cnc6ccccn56)C(=O)CC4=O)c4cc(C#N)cc(c43)C2)CC1)(c1ccccc1)c1ccccc1. The smallest absolute Gasteiger partial charge is 0.320 e. The van der Waals surface area contributed by atoms with Crippen molar-refractivity contribution in [2.45, 2.75) is 58.2 Å². The van der Waals surface area contributed by atoms with Gasteiger partial charge in [-0.2, -0.15) is 5.26 Å². The number of carbonyl (C=O) groups excluding carboxylic acids is 3. The zero-order chi connectivity index (χ0) is 40.2. The van der Waals surface area contributed by atoms with Gasteiger partial charge in [0.2, 0.25) is 0 Å². The lowest BCUT2D eigenvalue weighted by Gasteiger charge is -2.44. The standard InChI is InChI=1S/C47H46N6O4Si/c1-47(2,3)58(35-12-6-4-7-13-35,36-14-8-5-9-15-36)57-31-32-17-20-50(21-18-32)46(56)52-23-22-51-30-38(37-25-33(27-48)24-34(29-52)45(37)51)43-40(54)26-41(55)44(43)39-28-49-42-16-10-11-19-53(39)42/h4-16,19,24-25,28,30,32H,17-18,20-23,26,29,31H2,1-3H3. The summed E-state index contributed by atoms with van der Waals surface area (Å²) < 4.78 is 11.2. The summed E-state index contributed by atoms with van der Waals surface area (Å²) in [5.41, 5.74) is 4.74. The summed E-state index contributed by atoms with van der Waals surface area (Å²) in [4.78, 5) is 49.7. The number of nitrogens with zero attached hydrogens (tertiary/aromatic N) is 6. The van der Waals surface area contributed by atoms with Gasteiger partial charge in [-0.3, -0.25) is 14.0 Å². The van der Waals surface area contributed by atoms with Crippen molar-refractivity contribution in [3.8, 4) is 6.07 Å². The number of allylic oxidation sites excluding steroid dienone is 2. The van der Waals surface area contributed by atoms with E-state index in [1.165, 1.54) is 10.4 Å². The third-order valence-electron chi connectivity index (χ3n) is 12.3. The Balaban J connectivity index is 0.953. The molecular weight excluding hydrogens is 741 g/mol. The molecule has 292 valence electrons.